The maximum absolute atomic E-state index is 4.37. The lowest BCUT2D eigenvalue weighted by Gasteiger charge is -2.03. The second kappa shape index (κ2) is 4.16. The summed E-state index contributed by atoms with van der Waals surface area (Å²) in [6.45, 7) is 2.96. The summed E-state index contributed by atoms with van der Waals surface area (Å²) in [7, 11) is 0. The van der Waals surface area contributed by atoms with Crippen molar-refractivity contribution in [1.82, 2.24) is 24.8 Å². The van der Waals surface area contributed by atoms with E-state index in [0.717, 1.165) is 34.2 Å². The van der Waals surface area contributed by atoms with Gasteiger partial charge in [-0.25, -0.2) is 4.68 Å². The molecule has 0 fully saturated rings. The van der Waals surface area contributed by atoms with Gasteiger partial charge in [0.25, 0.3) is 0 Å². The summed E-state index contributed by atoms with van der Waals surface area (Å²) < 4.78 is 3.84. The van der Waals surface area contributed by atoms with E-state index in [0.29, 0.717) is 0 Å². The van der Waals surface area contributed by atoms with Gasteiger partial charge in [-0.3, -0.25) is 4.68 Å². The van der Waals surface area contributed by atoms with Crippen LogP contribution in [0.4, 0.5) is 0 Å². The van der Waals surface area contributed by atoms with Gasteiger partial charge in [-0.15, -0.1) is 5.10 Å². The van der Waals surface area contributed by atoms with E-state index in [-0.39, 0.29) is 0 Å². The number of nitrogens with zero attached hydrogens (tertiary/aromatic N) is 5. The molecule has 0 aliphatic rings. The topological polar surface area (TPSA) is 48.5 Å². The minimum Gasteiger partial charge on any atom is -0.265 e. The number of aromatic nitrogens is 5. The van der Waals surface area contributed by atoms with Crippen LogP contribution in [0.3, 0.4) is 0 Å². The van der Waals surface area contributed by atoms with Crippen molar-refractivity contribution in [2.24, 2.45) is 0 Å². The molecule has 0 aliphatic heterocycles. The first kappa shape index (κ1) is 11.2. The monoisotopic (exact) mass is 263 g/mol. The highest BCUT2D eigenvalue weighted by atomic mass is 15.4. The van der Waals surface area contributed by atoms with Gasteiger partial charge in [0.1, 0.15) is 5.52 Å². The van der Waals surface area contributed by atoms with Gasteiger partial charge in [-0.2, -0.15) is 5.10 Å². The Morgan fingerprint density at radius 1 is 1.05 bits per heavy atom. The predicted molar refractivity (Wildman–Crippen MR) is 77.8 cm³/mol. The van der Waals surface area contributed by atoms with Gasteiger partial charge < -0.3 is 0 Å². The number of hydrogen-bond donors (Lipinski definition) is 0. The van der Waals surface area contributed by atoms with Crippen molar-refractivity contribution in [3.63, 3.8) is 0 Å². The maximum Gasteiger partial charge on any atom is 0.113 e. The molecule has 0 unspecified atom stereocenters. The molecule has 0 bridgehead atoms. The van der Waals surface area contributed by atoms with E-state index in [4.69, 9.17) is 0 Å². The van der Waals surface area contributed by atoms with Gasteiger partial charge in [-0.05, 0) is 37.3 Å². The largest absolute Gasteiger partial charge is 0.265 e. The van der Waals surface area contributed by atoms with E-state index in [1.807, 2.05) is 39.8 Å². The van der Waals surface area contributed by atoms with Crippen molar-refractivity contribution >= 4 is 21.9 Å². The van der Waals surface area contributed by atoms with Crippen LogP contribution in [0.25, 0.3) is 27.6 Å². The Morgan fingerprint density at radius 3 is 2.85 bits per heavy atom. The number of benzene rings is 2. The second-order valence-electron chi connectivity index (χ2n) is 4.69. The first-order chi connectivity index (χ1) is 9.86. The molecule has 5 heteroatoms. The quantitative estimate of drug-likeness (QED) is 0.558. The van der Waals surface area contributed by atoms with E-state index in [1.165, 1.54) is 0 Å². The van der Waals surface area contributed by atoms with Crippen LogP contribution in [-0.4, -0.2) is 24.8 Å². The Balaban J connectivity index is 1.93. The summed E-state index contributed by atoms with van der Waals surface area (Å²) in [6.07, 6.45) is 1.89. The lowest BCUT2D eigenvalue weighted by molar-refractivity contribution is 0.684. The number of fused-ring (bicyclic) bond motifs is 2. The summed E-state index contributed by atoms with van der Waals surface area (Å²) in [5.41, 5.74) is 4.05. The van der Waals surface area contributed by atoms with E-state index in [1.54, 1.807) is 0 Å². The Hall–Kier alpha value is -2.69. The van der Waals surface area contributed by atoms with Gasteiger partial charge in [0.05, 0.1) is 22.9 Å². The zero-order valence-electron chi connectivity index (χ0n) is 11.1. The lowest BCUT2D eigenvalue weighted by atomic mass is 10.2. The van der Waals surface area contributed by atoms with Crippen LogP contribution >= 0.6 is 0 Å². The standard InChI is InChI=1S/C15H13N5/c1-2-19-14-8-7-12(9-11(14)10-16-19)20-15-6-4-3-5-13(15)17-18-20/h3-10H,2H2,1H3. The zero-order valence-corrected chi connectivity index (χ0v) is 11.1. The van der Waals surface area contributed by atoms with Gasteiger partial charge in [0, 0.05) is 11.9 Å². The number of hydrogen-bond acceptors (Lipinski definition) is 3. The maximum atomic E-state index is 4.37. The zero-order chi connectivity index (χ0) is 13.5. The van der Waals surface area contributed by atoms with Gasteiger partial charge in [0.15, 0.2) is 0 Å². The Labute approximate surface area is 115 Å². The van der Waals surface area contributed by atoms with E-state index in [2.05, 4.69) is 40.5 Å². The second-order valence-corrected chi connectivity index (χ2v) is 4.69. The third kappa shape index (κ3) is 1.53. The van der Waals surface area contributed by atoms with Gasteiger partial charge in [0.2, 0.25) is 0 Å². The van der Waals surface area contributed by atoms with Crippen molar-refractivity contribution in [1.29, 1.82) is 0 Å². The third-order valence-corrected chi connectivity index (χ3v) is 3.52. The number of aryl methyl sites for hydroxylation is 1. The minimum absolute atomic E-state index is 0.870. The van der Waals surface area contributed by atoms with Gasteiger partial charge >= 0.3 is 0 Å². The molecule has 4 aromatic rings. The van der Waals surface area contributed by atoms with Crippen molar-refractivity contribution in [3.05, 3.63) is 48.7 Å². The normalized spacial score (nSPS) is 11.4. The van der Waals surface area contributed by atoms with Crippen LogP contribution in [0.2, 0.25) is 0 Å². The van der Waals surface area contributed by atoms with Crippen LogP contribution in [-0.2, 0) is 6.54 Å². The van der Waals surface area contributed by atoms with Crippen molar-refractivity contribution < 1.29 is 0 Å². The summed E-state index contributed by atoms with van der Waals surface area (Å²) in [4.78, 5) is 0. The fourth-order valence-corrected chi connectivity index (χ4v) is 2.52. The molecule has 2 aromatic carbocycles. The highest BCUT2D eigenvalue weighted by Gasteiger charge is 2.08. The molecule has 4 rings (SSSR count). The highest BCUT2D eigenvalue weighted by Crippen LogP contribution is 2.21. The Morgan fingerprint density at radius 2 is 1.95 bits per heavy atom. The Bertz CT molecular complexity index is 903. The summed E-state index contributed by atoms with van der Waals surface area (Å²) in [5.74, 6) is 0. The molecule has 0 saturated carbocycles. The molecular formula is C15H13N5. The lowest BCUT2D eigenvalue weighted by Crippen LogP contribution is -1.98. The number of para-hydroxylation sites is 1. The molecule has 98 valence electrons. The SMILES string of the molecule is CCn1ncc2cc(-n3nnc4ccccc43)ccc21. The van der Waals surface area contributed by atoms with Crippen LogP contribution in [0.1, 0.15) is 6.92 Å². The molecule has 5 nitrogen and oxygen atoms in total. The average Bonchev–Trinajstić information content (AvgIpc) is 3.10. The summed E-state index contributed by atoms with van der Waals surface area (Å²) >= 11 is 0. The molecule has 0 radical (unpaired) electrons. The van der Waals surface area contributed by atoms with Crippen LogP contribution in [0.5, 0.6) is 0 Å². The number of rotatable bonds is 2. The van der Waals surface area contributed by atoms with Crippen molar-refractivity contribution in [2.45, 2.75) is 13.5 Å². The molecule has 0 spiro atoms. The molecule has 20 heavy (non-hydrogen) atoms. The first-order valence-corrected chi connectivity index (χ1v) is 6.63. The van der Waals surface area contributed by atoms with Crippen LogP contribution in [0.15, 0.2) is 48.7 Å². The molecule has 0 N–H and O–H groups in total. The van der Waals surface area contributed by atoms with Crippen LogP contribution < -0.4 is 0 Å². The highest BCUT2D eigenvalue weighted by molar-refractivity contribution is 5.82. The van der Waals surface area contributed by atoms with Crippen LogP contribution in [0, 0.1) is 0 Å². The minimum atomic E-state index is 0.870. The van der Waals surface area contributed by atoms with Crippen molar-refractivity contribution in [3.8, 4) is 5.69 Å². The van der Waals surface area contributed by atoms with E-state index in [9.17, 15) is 0 Å². The van der Waals surface area contributed by atoms with E-state index >= 15 is 0 Å². The predicted octanol–water partition coefficient (Wildman–Crippen LogP) is 2.79. The summed E-state index contributed by atoms with van der Waals surface area (Å²) in [6, 6.07) is 14.2. The van der Waals surface area contributed by atoms with Crippen molar-refractivity contribution in [2.75, 3.05) is 0 Å². The molecule has 0 saturated heterocycles. The molecule has 0 atom stereocenters. The molecule has 0 amide bonds. The summed E-state index contributed by atoms with van der Waals surface area (Å²) in [5, 5.41) is 13.9. The van der Waals surface area contributed by atoms with E-state index < -0.39 is 0 Å². The molecule has 2 aromatic heterocycles. The molecule has 2 heterocycles. The smallest absolute Gasteiger partial charge is 0.113 e. The fourth-order valence-electron chi connectivity index (χ4n) is 2.52. The average molecular weight is 263 g/mol. The molecular weight excluding hydrogens is 250 g/mol. The first-order valence-electron chi connectivity index (χ1n) is 6.63. The fraction of sp³-hybridized carbons (Fsp3) is 0.133. The Kier molecular flexibility index (Phi) is 2.32. The third-order valence-electron chi connectivity index (χ3n) is 3.52. The molecule has 0 aliphatic carbocycles. The van der Waals surface area contributed by atoms with Gasteiger partial charge in [-0.1, -0.05) is 17.3 Å².